The fraction of sp³-hybridized carbons (Fsp3) is 0.933. The first-order chi connectivity index (χ1) is 10.1. The molecule has 1 amide bonds. The summed E-state index contributed by atoms with van der Waals surface area (Å²) in [7, 11) is 1.65. The Kier molecular flexibility index (Phi) is 6.99. The zero-order valence-electron chi connectivity index (χ0n) is 13.9. The molecule has 0 bridgehead atoms. The summed E-state index contributed by atoms with van der Waals surface area (Å²) < 4.78 is 37.8. The third kappa shape index (κ3) is 7.89. The van der Waals surface area contributed by atoms with Gasteiger partial charge in [-0.1, -0.05) is 0 Å². The lowest BCUT2D eigenvalue weighted by atomic mass is 9.93. The third-order valence-electron chi connectivity index (χ3n) is 3.50. The van der Waals surface area contributed by atoms with E-state index in [2.05, 4.69) is 10.6 Å². The minimum absolute atomic E-state index is 0.0334. The largest absolute Gasteiger partial charge is 0.444 e. The van der Waals surface area contributed by atoms with Crippen LogP contribution in [0.25, 0.3) is 0 Å². The molecule has 5 nitrogen and oxygen atoms in total. The molecule has 1 aliphatic carbocycles. The zero-order chi connectivity index (χ0) is 16.8. The number of nitrogens with one attached hydrogen (secondary N) is 2. The van der Waals surface area contributed by atoms with E-state index < -0.39 is 30.7 Å². The standard InChI is InChI=1S/C15H28F2N2O3/c1-14(2,3)22-13(20)19-10-15(16,17)9-18-11-6-5-7-12(8-11)21-4/h11-12,18H,5-10H2,1-4H3,(H,19,20). The first-order valence-electron chi connectivity index (χ1n) is 7.72. The highest BCUT2D eigenvalue weighted by molar-refractivity contribution is 5.67. The fourth-order valence-electron chi connectivity index (χ4n) is 2.42. The van der Waals surface area contributed by atoms with Gasteiger partial charge in [0.15, 0.2) is 0 Å². The number of alkyl carbamates (subject to hydrolysis) is 1. The van der Waals surface area contributed by atoms with Crippen LogP contribution in [-0.4, -0.2) is 50.0 Å². The minimum Gasteiger partial charge on any atom is -0.444 e. The van der Waals surface area contributed by atoms with E-state index in [1.54, 1.807) is 27.9 Å². The molecule has 0 heterocycles. The third-order valence-corrected chi connectivity index (χ3v) is 3.50. The van der Waals surface area contributed by atoms with Crippen molar-refractivity contribution in [3.8, 4) is 0 Å². The quantitative estimate of drug-likeness (QED) is 0.789. The Morgan fingerprint density at radius 2 is 1.91 bits per heavy atom. The SMILES string of the molecule is COC1CCCC(NCC(F)(F)CNC(=O)OC(C)(C)C)C1. The molecular weight excluding hydrogens is 294 g/mol. The van der Waals surface area contributed by atoms with Crippen LogP contribution >= 0.6 is 0 Å². The van der Waals surface area contributed by atoms with Crippen LogP contribution in [0, 0.1) is 0 Å². The highest BCUT2D eigenvalue weighted by atomic mass is 19.3. The number of rotatable bonds is 6. The second-order valence-electron chi connectivity index (χ2n) is 6.81. The van der Waals surface area contributed by atoms with Crippen LogP contribution in [0.4, 0.5) is 13.6 Å². The van der Waals surface area contributed by atoms with Crippen LogP contribution in [0.3, 0.4) is 0 Å². The molecular formula is C15H28F2N2O3. The van der Waals surface area contributed by atoms with Crippen LogP contribution in [0.1, 0.15) is 46.5 Å². The van der Waals surface area contributed by atoms with Gasteiger partial charge in [0.05, 0.1) is 19.2 Å². The molecule has 7 heteroatoms. The molecule has 1 fully saturated rings. The van der Waals surface area contributed by atoms with Gasteiger partial charge in [0.2, 0.25) is 0 Å². The van der Waals surface area contributed by atoms with Crippen molar-refractivity contribution in [1.29, 1.82) is 0 Å². The lowest BCUT2D eigenvalue weighted by molar-refractivity contribution is -0.0101. The van der Waals surface area contributed by atoms with E-state index in [1.807, 2.05) is 0 Å². The summed E-state index contributed by atoms with van der Waals surface area (Å²) >= 11 is 0. The van der Waals surface area contributed by atoms with Crippen molar-refractivity contribution in [3.63, 3.8) is 0 Å². The van der Waals surface area contributed by atoms with Crippen molar-refractivity contribution < 1.29 is 23.0 Å². The molecule has 2 unspecified atom stereocenters. The minimum atomic E-state index is -3.02. The Morgan fingerprint density at radius 3 is 2.50 bits per heavy atom. The van der Waals surface area contributed by atoms with Crippen molar-refractivity contribution in [2.24, 2.45) is 0 Å². The predicted octanol–water partition coefficient (Wildman–Crippen LogP) is 2.69. The van der Waals surface area contributed by atoms with E-state index in [0.717, 1.165) is 25.7 Å². The Bertz CT molecular complexity index is 359. The molecule has 0 spiro atoms. The van der Waals surface area contributed by atoms with Crippen LogP contribution < -0.4 is 10.6 Å². The second-order valence-corrected chi connectivity index (χ2v) is 6.81. The monoisotopic (exact) mass is 322 g/mol. The molecule has 130 valence electrons. The molecule has 22 heavy (non-hydrogen) atoms. The van der Waals surface area contributed by atoms with E-state index in [4.69, 9.17) is 9.47 Å². The van der Waals surface area contributed by atoms with Crippen molar-refractivity contribution in [1.82, 2.24) is 10.6 Å². The van der Waals surface area contributed by atoms with Gasteiger partial charge < -0.3 is 20.1 Å². The maximum absolute atomic E-state index is 13.8. The smallest absolute Gasteiger partial charge is 0.407 e. The van der Waals surface area contributed by atoms with Crippen LogP contribution in [0.5, 0.6) is 0 Å². The van der Waals surface area contributed by atoms with Crippen LogP contribution in [0.15, 0.2) is 0 Å². The zero-order valence-corrected chi connectivity index (χ0v) is 13.9. The van der Waals surface area contributed by atoms with Crippen molar-refractivity contribution in [2.75, 3.05) is 20.2 Å². The molecule has 0 aromatic carbocycles. The predicted molar refractivity (Wildman–Crippen MR) is 80.2 cm³/mol. The summed E-state index contributed by atoms with van der Waals surface area (Å²) in [6.45, 7) is 3.84. The van der Waals surface area contributed by atoms with Crippen molar-refractivity contribution in [2.45, 2.75) is 70.1 Å². The summed E-state index contributed by atoms with van der Waals surface area (Å²) in [6.07, 6.45) is 2.87. The Balaban J connectivity index is 2.29. The normalized spacial score (nSPS) is 23.2. The molecule has 0 aromatic heterocycles. The first-order valence-corrected chi connectivity index (χ1v) is 7.72. The van der Waals surface area contributed by atoms with Gasteiger partial charge in [-0.15, -0.1) is 0 Å². The number of methoxy groups -OCH3 is 1. The molecule has 1 rings (SSSR count). The highest BCUT2D eigenvalue weighted by Gasteiger charge is 2.32. The Morgan fingerprint density at radius 1 is 1.23 bits per heavy atom. The number of alkyl halides is 2. The molecule has 2 N–H and O–H groups in total. The van der Waals surface area contributed by atoms with Gasteiger partial charge in [-0.3, -0.25) is 0 Å². The molecule has 2 atom stereocenters. The number of carbonyl (C=O) groups is 1. The summed E-state index contributed by atoms with van der Waals surface area (Å²) in [5, 5.41) is 4.99. The number of halogens is 2. The molecule has 0 radical (unpaired) electrons. The van der Waals surface area contributed by atoms with E-state index in [9.17, 15) is 13.6 Å². The highest BCUT2D eigenvalue weighted by Crippen LogP contribution is 2.21. The van der Waals surface area contributed by atoms with Crippen LogP contribution in [-0.2, 0) is 9.47 Å². The van der Waals surface area contributed by atoms with Gasteiger partial charge in [-0.25, -0.2) is 13.6 Å². The lowest BCUT2D eigenvalue weighted by Gasteiger charge is -2.30. The number of hydrogen-bond donors (Lipinski definition) is 2. The Labute approximate surface area is 131 Å². The van der Waals surface area contributed by atoms with Gasteiger partial charge in [-0.05, 0) is 46.5 Å². The molecule has 1 saturated carbocycles. The van der Waals surface area contributed by atoms with Gasteiger partial charge in [-0.2, -0.15) is 0 Å². The molecule has 0 saturated heterocycles. The number of ether oxygens (including phenoxy) is 2. The molecule has 1 aliphatic rings. The number of hydrogen-bond acceptors (Lipinski definition) is 4. The van der Waals surface area contributed by atoms with E-state index in [1.165, 1.54) is 0 Å². The topological polar surface area (TPSA) is 59.6 Å². The van der Waals surface area contributed by atoms with Crippen molar-refractivity contribution >= 4 is 6.09 Å². The second kappa shape index (κ2) is 8.06. The maximum atomic E-state index is 13.8. The van der Waals surface area contributed by atoms with E-state index in [0.29, 0.717) is 0 Å². The van der Waals surface area contributed by atoms with Crippen LogP contribution in [0.2, 0.25) is 0 Å². The van der Waals surface area contributed by atoms with Gasteiger partial charge in [0, 0.05) is 13.2 Å². The Hall–Kier alpha value is -0.950. The maximum Gasteiger partial charge on any atom is 0.407 e. The number of carbonyl (C=O) groups excluding carboxylic acids is 1. The summed E-state index contributed by atoms with van der Waals surface area (Å²) in [5.74, 6) is -3.02. The van der Waals surface area contributed by atoms with Gasteiger partial charge in [0.1, 0.15) is 5.60 Å². The van der Waals surface area contributed by atoms with Gasteiger partial charge >= 0.3 is 6.09 Å². The average molecular weight is 322 g/mol. The van der Waals surface area contributed by atoms with Gasteiger partial charge in [0.25, 0.3) is 5.92 Å². The summed E-state index contributed by atoms with van der Waals surface area (Å²) in [4.78, 5) is 11.4. The van der Waals surface area contributed by atoms with Crippen molar-refractivity contribution in [3.05, 3.63) is 0 Å². The van der Waals surface area contributed by atoms with E-state index in [-0.39, 0.29) is 12.1 Å². The molecule has 0 aromatic rings. The lowest BCUT2D eigenvalue weighted by Crippen LogP contribution is -2.48. The summed E-state index contributed by atoms with van der Waals surface area (Å²) in [5.41, 5.74) is -0.700. The first kappa shape index (κ1) is 19.1. The molecule has 0 aliphatic heterocycles. The van der Waals surface area contributed by atoms with E-state index >= 15 is 0 Å². The average Bonchev–Trinajstić information content (AvgIpc) is 2.42. The summed E-state index contributed by atoms with van der Waals surface area (Å²) in [6, 6.07) is 0.0334. The number of amides is 1. The fourth-order valence-corrected chi connectivity index (χ4v) is 2.42.